The molecule has 2 aliphatic rings. The third kappa shape index (κ3) is 5.44. The number of aryl methyl sites for hydroxylation is 1. The van der Waals surface area contributed by atoms with Gasteiger partial charge in [-0.25, -0.2) is 0 Å². The molecule has 2 aromatic heterocycles. The molecule has 0 saturated carbocycles. The fourth-order valence-electron chi connectivity index (χ4n) is 5.59. The van der Waals surface area contributed by atoms with Gasteiger partial charge in [0.25, 0.3) is 0 Å². The molecule has 0 aliphatic carbocycles. The van der Waals surface area contributed by atoms with E-state index in [1.54, 1.807) is 12.4 Å². The molecular weight excluding hydrogens is 426 g/mol. The van der Waals surface area contributed by atoms with Crippen molar-refractivity contribution in [3.8, 4) is 5.75 Å². The van der Waals surface area contributed by atoms with Crippen LogP contribution in [0.3, 0.4) is 0 Å². The van der Waals surface area contributed by atoms with Crippen molar-refractivity contribution in [1.29, 1.82) is 0 Å². The first-order valence-electron chi connectivity index (χ1n) is 12.7. The number of likely N-dealkylation sites (tertiary alicyclic amines) is 1. The van der Waals surface area contributed by atoms with Crippen molar-refractivity contribution in [2.75, 3.05) is 26.3 Å². The predicted octanol–water partition coefficient (Wildman–Crippen LogP) is 5.14. The molecule has 0 bridgehead atoms. The molecule has 1 amide bonds. The highest BCUT2D eigenvalue weighted by Gasteiger charge is 2.40. The van der Waals surface area contributed by atoms with Gasteiger partial charge < -0.3 is 19.4 Å². The lowest BCUT2D eigenvalue weighted by Gasteiger charge is -2.46. The molecule has 0 radical (unpaired) electrons. The third-order valence-electron chi connectivity index (χ3n) is 7.58. The summed E-state index contributed by atoms with van der Waals surface area (Å²) >= 11 is 0. The lowest BCUT2D eigenvalue weighted by molar-refractivity contribution is -0.147. The van der Waals surface area contributed by atoms with Gasteiger partial charge in [0.05, 0.1) is 12.2 Å². The summed E-state index contributed by atoms with van der Waals surface area (Å²) < 4.78 is 12.2. The smallest absolute Gasteiger partial charge is 0.222 e. The maximum absolute atomic E-state index is 12.9. The number of amides is 1. The van der Waals surface area contributed by atoms with Crippen molar-refractivity contribution >= 4 is 16.8 Å². The van der Waals surface area contributed by atoms with Gasteiger partial charge in [-0.2, -0.15) is 0 Å². The summed E-state index contributed by atoms with van der Waals surface area (Å²) in [6, 6.07) is 12.2. The molecule has 3 aromatic rings. The molecule has 2 saturated heterocycles. The lowest BCUT2D eigenvalue weighted by Crippen LogP contribution is -2.50. The molecule has 6 heteroatoms. The first-order valence-corrected chi connectivity index (χ1v) is 12.7. The number of para-hydroxylation sites is 1. The minimum Gasteiger partial charge on any atom is -0.493 e. The first kappa shape index (κ1) is 22.9. The van der Waals surface area contributed by atoms with E-state index < -0.39 is 0 Å². The number of hydrogen-bond acceptors (Lipinski definition) is 4. The molecule has 2 aliphatic heterocycles. The molecule has 1 N–H and O–H groups in total. The van der Waals surface area contributed by atoms with Crippen molar-refractivity contribution in [3.05, 3.63) is 60.6 Å². The number of nitrogens with one attached hydrogen (secondary N) is 1. The summed E-state index contributed by atoms with van der Waals surface area (Å²) in [4.78, 5) is 22.3. The van der Waals surface area contributed by atoms with E-state index in [0.29, 0.717) is 12.3 Å². The first-order chi connectivity index (χ1) is 16.7. The second-order valence-electron chi connectivity index (χ2n) is 9.80. The second kappa shape index (κ2) is 10.6. The number of carbonyl (C=O) groups excluding carboxylic acids is 1. The summed E-state index contributed by atoms with van der Waals surface area (Å²) in [6.07, 6.45) is 13.1. The fourth-order valence-corrected chi connectivity index (χ4v) is 5.59. The maximum Gasteiger partial charge on any atom is 0.222 e. The van der Waals surface area contributed by atoms with E-state index in [9.17, 15) is 4.79 Å². The van der Waals surface area contributed by atoms with E-state index in [1.807, 2.05) is 18.2 Å². The van der Waals surface area contributed by atoms with Crippen LogP contribution >= 0.6 is 0 Å². The number of rotatable bonds is 8. The van der Waals surface area contributed by atoms with Gasteiger partial charge in [0.1, 0.15) is 5.75 Å². The minimum atomic E-state index is -0.0552. The minimum absolute atomic E-state index is 0.0552. The Kier molecular flexibility index (Phi) is 7.14. The SMILES string of the molecule is O=C(CCCc1c[nH]c2ccccc12)N1CCC2(CC1)CC(CCOc1ccncc1)CCO2. The summed E-state index contributed by atoms with van der Waals surface area (Å²) in [5.74, 6) is 1.79. The molecule has 1 atom stereocenters. The number of ether oxygens (including phenoxy) is 2. The number of H-pyrrole nitrogens is 1. The van der Waals surface area contributed by atoms with E-state index in [2.05, 4.69) is 39.3 Å². The highest BCUT2D eigenvalue weighted by molar-refractivity contribution is 5.83. The zero-order valence-electron chi connectivity index (χ0n) is 19.9. The normalized spacial score (nSPS) is 20.0. The standard InChI is InChI=1S/C28H35N3O3/c32-27(7-3-4-23-21-30-26-6-2-1-5-25(23)26)31-16-12-28(13-17-31)20-22(11-19-34-28)10-18-33-24-8-14-29-15-9-24/h1-2,5-6,8-9,14-15,21-22,30H,3-4,7,10-13,16-20H2. The Morgan fingerprint density at radius 2 is 2.00 bits per heavy atom. The molecule has 1 unspecified atom stereocenters. The molecular formula is C28H35N3O3. The van der Waals surface area contributed by atoms with Crippen LogP contribution in [0.1, 0.15) is 50.5 Å². The molecule has 6 nitrogen and oxygen atoms in total. The summed E-state index contributed by atoms with van der Waals surface area (Å²) in [7, 11) is 0. The van der Waals surface area contributed by atoms with Crippen molar-refractivity contribution < 1.29 is 14.3 Å². The maximum atomic E-state index is 12.9. The average molecular weight is 462 g/mol. The van der Waals surface area contributed by atoms with Crippen molar-refractivity contribution in [3.63, 3.8) is 0 Å². The number of nitrogens with zero attached hydrogens (tertiary/aromatic N) is 2. The largest absolute Gasteiger partial charge is 0.493 e. The molecule has 1 aromatic carbocycles. The van der Waals surface area contributed by atoms with Gasteiger partial charge in [0, 0.05) is 55.6 Å². The Hall–Kier alpha value is -2.86. The van der Waals surface area contributed by atoms with Crippen LogP contribution in [0.4, 0.5) is 0 Å². The van der Waals surface area contributed by atoms with Gasteiger partial charge in [0.15, 0.2) is 0 Å². The van der Waals surface area contributed by atoms with Crippen LogP contribution in [0.15, 0.2) is 55.0 Å². The second-order valence-corrected chi connectivity index (χ2v) is 9.80. The van der Waals surface area contributed by atoms with E-state index in [1.165, 1.54) is 16.5 Å². The monoisotopic (exact) mass is 461 g/mol. The molecule has 2 fully saturated rings. The number of fused-ring (bicyclic) bond motifs is 1. The highest BCUT2D eigenvalue weighted by Crippen LogP contribution is 2.39. The van der Waals surface area contributed by atoms with Gasteiger partial charge >= 0.3 is 0 Å². The van der Waals surface area contributed by atoms with Crippen molar-refractivity contribution in [2.45, 2.75) is 57.0 Å². The number of hydrogen-bond donors (Lipinski definition) is 1. The lowest BCUT2D eigenvalue weighted by atomic mass is 9.78. The van der Waals surface area contributed by atoms with Crippen LogP contribution in [-0.4, -0.2) is 52.7 Å². The van der Waals surface area contributed by atoms with Crippen LogP contribution < -0.4 is 4.74 Å². The van der Waals surface area contributed by atoms with Crippen LogP contribution in [0, 0.1) is 5.92 Å². The average Bonchev–Trinajstić information content (AvgIpc) is 3.28. The van der Waals surface area contributed by atoms with Gasteiger partial charge in [0.2, 0.25) is 5.91 Å². The zero-order chi connectivity index (χ0) is 23.2. The fraction of sp³-hybridized carbons (Fsp3) is 0.500. The number of piperidine rings is 1. The number of benzene rings is 1. The molecule has 1 spiro atoms. The highest BCUT2D eigenvalue weighted by atomic mass is 16.5. The van der Waals surface area contributed by atoms with E-state index in [-0.39, 0.29) is 11.5 Å². The van der Waals surface area contributed by atoms with Crippen LogP contribution in [0.25, 0.3) is 10.9 Å². The van der Waals surface area contributed by atoms with Crippen LogP contribution in [-0.2, 0) is 16.0 Å². The molecule has 180 valence electrons. The summed E-state index contributed by atoms with van der Waals surface area (Å²) in [5.41, 5.74) is 2.41. The van der Waals surface area contributed by atoms with Crippen LogP contribution in [0.2, 0.25) is 0 Å². The van der Waals surface area contributed by atoms with Gasteiger partial charge in [-0.15, -0.1) is 0 Å². The van der Waals surface area contributed by atoms with Gasteiger partial charge in [-0.1, -0.05) is 18.2 Å². The van der Waals surface area contributed by atoms with Gasteiger partial charge in [-0.05, 0) is 74.6 Å². The number of pyridine rings is 1. The van der Waals surface area contributed by atoms with Gasteiger partial charge in [-0.3, -0.25) is 9.78 Å². The Morgan fingerprint density at radius 3 is 2.85 bits per heavy atom. The predicted molar refractivity (Wildman–Crippen MR) is 133 cm³/mol. The molecule has 4 heterocycles. The Labute approximate surface area is 201 Å². The number of carbonyl (C=O) groups is 1. The Morgan fingerprint density at radius 1 is 1.18 bits per heavy atom. The zero-order valence-corrected chi connectivity index (χ0v) is 19.9. The Bertz CT molecular complexity index is 1070. The topological polar surface area (TPSA) is 67.5 Å². The Balaban J connectivity index is 1.04. The van der Waals surface area contributed by atoms with Crippen LogP contribution in [0.5, 0.6) is 5.75 Å². The molecule has 34 heavy (non-hydrogen) atoms. The van der Waals surface area contributed by atoms with E-state index in [4.69, 9.17) is 9.47 Å². The third-order valence-corrected chi connectivity index (χ3v) is 7.58. The van der Waals surface area contributed by atoms with Crippen molar-refractivity contribution in [2.24, 2.45) is 5.92 Å². The number of aromatic nitrogens is 2. The quantitative estimate of drug-likeness (QED) is 0.504. The van der Waals surface area contributed by atoms with Crippen molar-refractivity contribution in [1.82, 2.24) is 14.9 Å². The van der Waals surface area contributed by atoms with E-state index >= 15 is 0 Å². The number of aromatic amines is 1. The van der Waals surface area contributed by atoms with E-state index in [0.717, 1.165) is 77.0 Å². The summed E-state index contributed by atoms with van der Waals surface area (Å²) in [6.45, 7) is 3.17. The molecule has 5 rings (SSSR count). The summed E-state index contributed by atoms with van der Waals surface area (Å²) in [5, 5.41) is 1.27.